The molecular formula is C10H14O4. The Hall–Kier alpha value is -1.19. The zero-order valence-electron chi connectivity index (χ0n) is 8.19. The van der Waals surface area contributed by atoms with Gasteiger partial charge in [0.05, 0.1) is 7.11 Å². The molecular weight excluding hydrogens is 184 g/mol. The third-order valence-corrected chi connectivity index (χ3v) is 2.75. The highest BCUT2D eigenvalue weighted by atomic mass is 16.5. The largest absolute Gasteiger partial charge is 0.469 e. The number of esters is 1. The molecule has 0 spiro atoms. The van der Waals surface area contributed by atoms with Crippen molar-refractivity contribution < 1.29 is 19.1 Å². The van der Waals surface area contributed by atoms with E-state index in [4.69, 9.17) is 0 Å². The van der Waals surface area contributed by atoms with Crippen molar-refractivity contribution in [1.82, 2.24) is 0 Å². The Morgan fingerprint density at radius 3 is 2.93 bits per heavy atom. The first kappa shape index (κ1) is 10.9. The van der Waals surface area contributed by atoms with Gasteiger partial charge in [0.15, 0.2) is 0 Å². The molecule has 4 nitrogen and oxygen atoms in total. The number of aldehydes is 1. The minimum absolute atomic E-state index is 0.000139. The van der Waals surface area contributed by atoms with E-state index >= 15 is 0 Å². The number of Topliss-reactive ketones (excluding diaryl/α,β-unsaturated/α-hetero) is 1. The molecule has 1 rings (SSSR count). The molecule has 0 aromatic heterocycles. The SMILES string of the molecule is COC(=O)C[C@@H]1CCC(=O)[C@H]1CC=O. The lowest BCUT2D eigenvalue weighted by Crippen LogP contribution is -2.18. The van der Waals surface area contributed by atoms with Crippen molar-refractivity contribution in [2.75, 3.05) is 7.11 Å². The monoisotopic (exact) mass is 198 g/mol. The molecule has 0 aromatic rings. The average molecular weight is 198 g/mol. The molecule has 1 aliphatic carbocycles. The van der Waals surface area contributed by atoms with Crippen LogP contribution in [0.15, 0.2) is 0 Å². The molecule has 2 atom stereocenters. The highest BCUT2D eigenvalue weighted by molar-refractivity contribution is 5.86. The number of ketones is 1. The van der Waals surface area contributed by atoms with Gasteiger partial charge in [0.1, 0.15) is 12.1 Å². The summed E-state index contributed by atoms with van der Waals surface area (Å²) < 4.78 is 4.54. The van der Waals surface area contributed by atoms with E-state index in [1.165, 1.54) is 7.11 Å². The number of hydrogen-bond donors (Lipinski definition) is 0. The lowest BCUT2D eigenvalue weighted by Gasteiger charge is -2.13. The Kier molecular flexibility index (Phi) is 3.80. The van der Waals surface area contributed by atoms with Crippen LogP contribution in [0.5, 0.6) is 0 Å². The summed E-state index contributed by atoms with van der Waals surface area (Å²) in [7, 11) is 1.33. The van der Waals surface area contributed by atoms with Gasteiger partial charge in [-0.15, -0.1) is 0 Å². The Morgan fingerprint density at radius 2 is 2.36 bits per heavy atom. The molecule has 78 valence electrons. The van der Waals surface area contributed by atoms with Gasteiger partial charge in [-0.3, -0.25) is 9.59 Å². The van der Waals surface area contributed by atoms with Crippen molar-refractivity contribution in [2.45, 2.75) is 25.7 Å². The van der Waals surface area contributed by atoms with E-state index in [1.807, 2.05) is 0 Å². The van der Waals surface area contributed by atoms with Crippen molar-refractivity contribution in [1.29, 1.82) is 0 Å². The number of hydrogen-bond acceptors (Lipinski definition) is 4. The van der Waals surface area contributed by atoms with Crippen LogP contribution in [0.25, 0.3) is 0 Å². The summed E-state index contributed by atoms with van der Waals surface area (Å²) in [5.74, 6) is -0.460. The van der Waals surface area contributed by atoms with Crippen molar-refractivity contribution in [3.8, 4) is 0 Å². The third kappa shape index (κ3) is 2.40. The van der Waals surface area contributed by atoms with Crippen LogP contribution in [0, 0.1) is 11.8 Å². The second-order valence-electron chi connectivity index (χ2n) is 3.55. The van der Waals surface area contributed by atoms with Crippen LogP contribution < -0.4 is 0 Å². The van der Waals surface area contributed by atoms with Gasteiger partial charge in [0.2, 0.25) is 0 Å². The zero-order valence-corrected chi connectivity index (χ0v) is 8.19. The normalized spacial score (nSPS) is 26.2. The average Bonchev–Trinajstić information content (AvgIpc) is 2.50. The maximum atomic E-state index is 11.3. The van der Waals surface area contributed by atoms with E-state index in [2.05, 4.69) is 4.74 Å². The van der Waals surface area contributed by atoms with Crippen molar-refractivity contribution in [3.63, 3.8) is 0 Å². The predicted molar refractivity (Wildman–Crippen MR) is 48.5 cm³/mol. The van der Waals surface area contributed by atoms with Crippen LogP contribution in [0.4, 0.5) is 0 Å². The summed E-state index contributed by atoms with van der Waals surface area (Å²) in [5.41, 5.74) is 0. The fourth-order valence-electron chi connectivity index (χ4n) is 1.95. The van der Waals surface area contributed by atoms with Crippen LogP contribution in [0.1, 0.15) is 25.7 Å². The molecule has 0 heterocycles. The predicted octanol–water partition coefficient (Wildman–Crippen LogP) is 0.734. The van der Waals surface area contributed by atoms with Gasteiger partial charge >= 0.3 is 5.97 Å². The number of methoxy groups -OCH3 is 1. The smallest absolute Gasteiger partial charge is 0.305 e. The number of carbonyl (C=O) groups excluding carboxylic acids is 3. The number of rotatable bonds is 4. The molecule has 1 aliphatic rings. The molecule has 0 N–H and O–H groups in total. The molecule has 0 radical (unpaired) electrons. The first-order chi connectivity index (χ1) is 6.69. The van der Waals surface area contributed by atoms with E-state index in [-0.39, 0.29) is 36.4 Å². The van der Waals surface area contributed by atoms with Gasteiger partial charge in [-0.1, -0.05) is 0 Å². The van der Waals surface area contributed by atoms with Gasteiger partial charge in [-0.2, -0.15) is 0 Å². The minimum Gasteiger partial charge on any atom is -0.469 e. The van der Waals surface area contributed by atoms with E-state index < -0.39 is 0 Å². The van der Waals surface area contributed by atoms with E-state index in [9.17, 15) is 14.4 Å². The molecule has 0 bridgehead atoms. The van der Waals surface area contributed by atoms with Crippen LogP contribution in [-0.2, 0) is 19.1 Å². The summed E-state index contributed by atoms with van der Waals surface area (Å²) in [4.78, 5) is 32.7. The minimum atomic E-state index is -0.305. The first-order valence-electron chi connectivity index (χ1n) is 4.72. The highest BCUT2D eigenvalue weighted by Crippen LogP contribution is 2.33. The van der Waals surface area contributed by atoms with Gasteiger partial charge in [0.25, 0.3) is 0 Å². The van der Waals surface area contributed by atoms with Gasteiger partial charge < -0.3 is 9.53 Å². The van der Waals surface area contributed by atoms with Crippen LogP contribution >= 0.6 is 0 Å². The van der Waals surface area contributed by atoms with E-state index in [0.717, 1.165) is 6.29 Å². The van der Waals surface area contributed by atoms with Crippen molar-refractivity contribution in [3.05, 3.63) is 0 Å². The molecule has 0 unspecified atom stereocenters. The van der Waals surface area contributed by atoms with Gasteiger partial charge in [0, 0.05) is 25.2 Å². The molecule has 0 amide bonds. The molecule has 1 saturated carbocycles. The molecule has 1 fully saturated rings. The summed E-state index contributed by atoms with van der Waals surface area (Å²) >= 11 is 0. The Bertz CT molecular complexity index is 247. The van der Waals surface area contributed by atoms with Crippen LogP contribution in [-0.4, -0.2) is 25.1 Å². The molecule has 0 aromatic carbocycles. The maximum Gasteiger partial charge on any atom is 0.305 e. The second kappa shape index (κ2) is 4.88. The van der Waals surface area contributed by atoms with Crippen molar-refractivity contribution in [2.24, 2.45) is 11.8 Å². The second-order valence-corrected chi connectivity index (χ2v) is 3.55. The Morgan fingerprint density at radius 1 is 1.64 bits per heavy atom. The fraction of sp³-hybridized carbons (Fsp3) is 0.700. The van der Waals surface area contributed by atoms with E-state index in [0.29, 0.717) is 12.8 Å². The lowest BCUT2D eigenvalue weighted by atomic mass is 9.90. The van der Waals surface area contributed by atoms with Gasteiger partial charge in [-0.25, -0.2) is 0 Å². The maximum absolute atomic E-state index is 11.3. The fourth-order valence-corrected chi connectivity index (χ4v) is 1.95. The molecule has 0 aliphatic heterocycles. The Labute approximate surface area is 82.6 Å². The van der Waals surface area contributed by atoms with Crippen LogP contribution in [0.3, 0.4) is 0 Å². The topological polar surface area (TPSA) is 60.4 Å². The number of ether oxygens (including phenoxy) is 1. The van der Waals surface area contributed by atoms with Crippen molar-refractivity contribution >= 4 is 18.0 Å². The summed E-state index contributed by atoms with van der Waals surface area (Å²) in [6.45, 7) is 0. The lowest BCUT2D eigenvalue weighted by molar-refractivity contribution is -0.142. The molecule has 14 heavy (non-hydrogen) atoms. The standard InChI is InChI=1S/C10H14O4/c1-14-10(13)6-7-2-3-9(12)8(7)4-5-11/h5,7-8H,2-4,6H2,1H3/t7-,8-/m0/s1. The van der Waals surface area contributed by atoms with Gasteiger partial charge in [-0.05, 0) is 12.3 Å². The molecule has 0 saturated heterocycles. The molecule has 4 heteroatoms. The van der Waals surface area contributed by atoms with E-state index in [1.54, 1.807) is 0 Å². The summed E-state index contributed by atoms with van der Waals surface area (Å²) in [5, 5.41) is 0. The summed E-state index contributed by atoms with van der Waals surface area (Å²) in [6.07, 6.45) is 2.42. The summed E-state index contributed by atoms with van der Waals surface area (Å²) in [6, 6.07) is 0. The third-order valence-electron chi connectivity index (χ3n) is 2.75. The Balaban J connectivity index is 2.55. The number of carbonyl (C=O) groups is 3. The van der Waals surface area contributed by atoms with Crippen LogP contribution in [0.2, 0.25) is 0 Å². The zero-order chi connectivity index (χ0) is 10.6. The highest BCUT2D eigenvalue weighted by Gasteiger charge is 2.35. The quantitative estimate of drug-likeness (QED) is 0.493. The first-order valence-corrected chi connectivity index (χ1v) is 4.72.